The van der Waals surface area contributed by atoms with Crippen LogP contribution in [0.15, 0.2) is 59.5 Å². The summed E-state index contributed by atoms with van der Waals surface area (Å²) in [5.74, 6) is 0.979. The molecule has 0 bridgehead atoms. The van der Waals surface area contributed by atoms with E-state index in [9.17, 15) is 8.42 Å². The molecule has 3 rings (SSSR count). The van der Waals surface area contributed by atoms with Crippen LogP contribution in [0.2, 0.25) is 0 Å². The van der Waals surface area contributed by atoms with E-state index >= 15 is 0 Å². The van der Waals surface area contributed by atoms with Crippen molar-refractivity contribution in [1.29, 1.82) is 0 Å². The molecule has 1 aliphatic rings. The normalized spacial score (nSPS) is 18.6. The summed E-state index contributed by atoms with van der Waals surface area (Å²) < 4.78 is 32.7. The molecule has 1 fully saturated rings. The summed E-state index contributed by atoms with van der Waals surface area (Å²) in [6, 6.07) is 16.9. The molecule has 0 N–H and O–H groups in total. The van der Waals surface area contributed by atoms with Crippen LogP contribution in [0.1, 0.15) is 31.2 Å². The summed E-state index contributed by atoms with van der Waals surface area (Å²) in [5, 5.41) is 0. The SMILES string of the molecule is CCCOc1ccc(S(=O)(=O)N2CCC(c3ccccc3)C2)cc1. The first kappa shape index (κ1) is 17.0. The molecule has 0 saturated carbocycles. The van der Waals surface area contributed by atoms with Gasteiger partial charge in [0.2, 0.25) is 10.0 Å². The molecule has 4 nitrogen and oxygen atoms in total. The highest BCUT2D eigenvalue weighted by Gasteiger charge is 2.33. The van der Waals surface area contributed by atoms with Crippen molar-refractivity contribution >= 4 is 10.0 Å². The van der Waals surface area contributed by atoms with Crippen LogP contribution in [0, 0.1) is 0 Å². The second kappa shape index (κ2) is 7.36. The van der Waals surface area contributed by atoms with Gasteiger partial charge in [-0.15, -0.1) is 0 Å². The third kappa shape index (κ3) is 3.62. The van der Waals surface area contributed by atoms with Crippen LogP contribution in [-0.4, -0.2) is 32.4 Å². The molecule has 5 heteroatoms. The molecular formula is C19H23NO3S. The van der Waals surface area contributed by atoms with E-state index in [1.807, 2.05) is 25.1 Å². The molecule has 2 aromatic carbocycles. The highest BCUT2D eigenvalue weighted by Crippen LogP contribution is 2.31. The van der Waals surface area contributed by atoms with Gasteiger partial charge in [0.25, 0.3) is 0 Å². The summed E-state index contributed by atoms with van der Waals surface area (Å²) in [4.78, 5) is 0.333. The summed E-state index contributed by atoms with van der Waals surface area (Å²) in [7, 11) is -3.44. The van der Waals surface area contributed by atoms with Crippen molar-refractivity contribution in [3.63, 3.8) is 0 Å². The Morgan fingerprint density at radius 1 is 1.08 bits per heavy atom. The monoisotopic (exact) mass is 345 g/mol. The Morgan fingerprint density at radius 3 is 2.46 bits per heavy atom. The van der Waals surface area contributed by atoms with Crippen LogP contribution >= 0.6 is 0 Å². The molecule has 0 aliphatic carbocycles. The fourth-order valence-corrected chi connectivity index (χ4v) is 4.52. The van der Waals surface area contributed by atoms with Crippen LogP contribution in [0.3, 0.4) is 0 Å². The quantitative estimate of drug-likeness (QED) is 0.803. The predicted molar refractivity (Wildman–Crippen MR) is 94.8 cm³/mol. The number of ether oxygens (including phenoxy) is 1. The zero-order valence-electron chi connectivity index (χ0n) is 13.9. The molecule has 0 amide bonds. The largest absolute Gasteiger partial charge is 0.494 e. The Bertz CT molecular complexity index is 757. The van der Waals surface area contributed by atoms with E-state index in [0.717, 1.165) is 12.8 Å². The second-order valence-corrected chi connectivity index (χ2v) is 8.02. The van der Waals surface area contributed by atoms with Crippen LogP contribution in [0.5, 0.6) is 5.75 Å². The smallest absolute Gasteiger partial charge is 0.243 e. The van der Waals surface area contributed by atoms with Crippen LogP contribution in [0.25, 0.3) is 0 Å². The summed E-state index contributed by atoms with van der Waals surface area (Å²) in [5.41, 5.74) is 1.21. The van der Waals surface area contributed by atoms with Crippen molar-refractivity contribution < 1.29 is 13.2 Å². The number of hydrogen-bond donors (Lipinski definition) is 0. The van der Waals surface area contributed by atoms with E-state index in [-0.39, 0.29) is 5.92 Å². The Balaban J connectivity index is 1.72. The van der Waals surface area contributed by atoms with Gasteiger partial charge in [-0.3, -0.25) is 0 Å². The summed E-state index contributed by atoms with van der Waals surface area (Å²) in [6.07, 6.45) is 1.79. The van der Waals surface area contributed by atoms with Crippen molar-refractivity contribution in [2.45, 2.75) is 30.6 Å². The first-order chi connectivity index (χ1) is 11.6. The lowest BCUT2D eigenvalue weighted by Crippen LogP contribution is -2.28. The third-order valence-corrected chi connectivity index (χ3v) is 6.24. The fourth-order valence-electron chi connectivity index (χ4n) is 3.02. The number of rotatable bonds is 6. The van der Waals surface area contributed by atoms with Crippen molar-refractivity contribution in [1.82, 2.24) is 4.31 Å². The highest BCUT2D eigenvalue weighted by atomic mass is 32.2. The minimum atomic E-state index is -3.44. The Kier molecular flexibility index (Phi) is 5.21. The number of hydrogen-bond acceptors (Lipinski definition) is 3. The molecule has 0 aromatic heterocycles. The van der Waals surface area contributed by atoms with E-state index in [1.54, 1.807) is 28.6 Å². The van der Waals surface area contributed by atoms with E-state index in [1.165, 1.54) is 5.56 Å². The van der Waals surface area contributed by atoms with Gasteiger partial charge in [-0.2, -0.15) is 4.31 Å². The molecular weight excluding hydrogens is 322 g/mol. The molecule has 1 aliphatic heterocycles. The summed E-state index contributed by atoms with van der Waals surface area (Å²) >= 11 is 0. The lowest BCUT2D eigenvalue weighted by atomic mass is 9.99. The van der Waals surface area contributed by atoms with Crippen LogP contribution in [0.4, 0.5) is 0 Å². The van der Waals surface area contributed by atoms with Gasteiger partial charge in [0.1, 0.15) is 5.75 Å². The number of benzene rings is 2. The molecule has 1 heterocycles. The average Bonchev–Trinajstić information content (AvgIpc) is 3.12. The Morgan fingerprint density at radius 2 is 1.79 bits per heavy atom. The first-order valence-corrected chi connectivity index (χ1v) is 9.83. The lowest BCUT2D eigenvalue weighted by molar-refractivity contribution is 0.317. The maximum atomic E-state index is 12.8. The minimum absolute atomic E-state index is 0.271. The van der Waals surface area contributed by atoms with E-state index in [2.05, 4.69) is 12.1 Å². The molecule has 1 unspecified atom stereocenters. The second-order valence-electron chi connectivity index (χ2n) is 6.08. The van der Waals surface area contributed by atoms with Gasteiger partial charge in [-0.05, 0) is 48.6 Å². The van der Waals surface area contributed by atoms with Gasteiger partial charge < -0.3 is 4.74 Å². The molecule has 24 heavy (non-hydrogen) atoms. The van der Waals surface area contributed by atoms with Crippen molar-refractivity contribution in [2.75, 3.05) is 19.7 Å². The zero-order chi connectivity index (χ0) is 17.0. The van der Waals surface area contributed by atoms with Crippen molar-refractivity contribution in [3.05, 3.63) is 60.2 Å². The number of nitrogens with zero attached hydrogens (tertiary/aromatic N) is 1. The maximum Gasteiger partial charge on any atom is 0.243 e. The molecule has 1 atom stereocenters. The Labute approximate surface area is 144 Å². The fraction of sp³-hybridized carbons (Fsp3) is 0.368. The van der Waals surface area contributed by atoms with Gasteiger partial charge >= 0.3 is 0 Å². The standard InChI is InChI=1S/C19H23NO3S/c1-2-14-23-18-8-10-19(11-9-18)24(21,22)20-13-12-17(15-20)16-6-4-3-5-7-16/h3-11,17H,2,12-15H2,1H3. The summed E-state index contributed by atoms with van der Waals surface area (Å²) in [6.45, 7) is 3.78. The molecule has 128 valence electrons. The highest BCUT2D eigenvalue weighted by molar-refractivity contribution is 7.89. The van der Waals surface area contributed by atoms with Gasteiger partial charge in [0.15, 0.2) is 0 Å². The molecule has 1 saturated heterocycles. The van der Waals surface area contributed by atoms with Crippen LogP contribution in [-0.2, 0) is 10.0 Å². The van der Waals surface area contributed by atoms with Gasteiger partial charge in [-0.1, -0.05) is 37.3 Å². The minimum Gasteiger partial charge on any atom is -0.494 e. The maximum absolute atomic E-state index is 12.8. The molecule has 0 radical (unpaired) electrons. The van der Waals surface area contributed by atoms with Crippen molar-refractivity contribution in [2.24, 2.45) is 0 Å². The lowest BCUT2D eigenvalue weighted by Gasteiger charge is -2.17. The van der Waals surface area contributed by atoms with Crippen LogP contribution < -0.4 is 4.74 Å². The topological polar surface area (TPSA) is 46.6 Å². The number of sulfonamides is 1. The molecule has 0 spiro atoms. The third-order valence-electron chi connectivity index (χ3n) is 4.36. The van der Waals surface area contributed by atoms with E-state index in [0.29, 0.717) is 30.3 Å². The van der Waals surface area contributed by atoms with Gasteiger partial charge in [0.05, 0.1) is 11.5 Å². The van der Waals surface area contributed by atoms with Gasteiger partial charge in [0, 0.05) is 13.1 Å². The average molecular weight is 345 g/mol. The predicted octanol–water partition coefficient (Wildman–Crippen LogP) is 3.65. The molecule has 2 aromatic rings. The first-order valence-electron chi connectivity index (χ1n) is 8.39. The Hall–Kier alpha value is -1.85. The van der Waals surface area contributed by atoms with E-state index in [4.69, 9.17) is 4.74 Å². The zero-order valence-corrected chi connectivity index (χ0v) is 14.7. The van der Waals surface area contributed by atoms with Gasteiger partial charge in [-0.25, -0.2) is 8.42 Å². The van der Waals surface area contributed by atoms with E-state index < -0.39 is 10.0 Å². The van der Waals surface area contributed by atoms with Crippen molar-refractivity contribution in [3.8, 4) is 5.75 Å².